The van der Waals surface area contributed by atoms with Crippen LogP contribution >= 0.6 is 11.8 Å². The Hall–Kier alpha value is -1.88. The Balaban J connectivity index is 2.18. The SMILES string of the molecule is O=C1Nc2ccccc2Sc2nccnc21. The molecule has 0 bridgehead atoms. The molecule has 1 aromatic heterocycles. The van der Waals surface area contributed by atoms with Crippen molar-refractivity contribution in [2.45, 2.75) is 9.92 Å². The number of para-hydroxylation sites is 1. The molecule has 0 spiro atoms. The molecule has 1 aliphatic heterocycles. The smallest absolute Gasteiger partial charge is 0.277 e. The average Bonchev–Trinajstić information content (AvgIpc) is 2.45. The summed E-state index contributed by atoms with van der Waals surface area (Å²) in [5.41, 5.74) is 1.18. The number of hydrogen-bond acceptors (Lipinski definition) is 4. The number of amides is 1. The van der Waals surface area contributed by atoms with Gasteiger partial charge in [0.05, 0.1) is 5.69 Å². The largest absolute Gasteiger partial charge is 0.320 e. The third-order valence-corrected chi connectivity index (χ3v) is 3.29. The van der Waals surface area contributed by atoms with Gasteiger partial charge in [-0.1, -0.05) is 23.9 Å². The van der Waals surface area contributed by atoms with E-state index in [-0.39, 0.29) is 5.91 Å². The van der Waals surface area contributed by atoms with Gasteiger partial charge in [-0.3, -0.25) is 4.79 Å². The van der Waals surface area contributed by atoms with Gasteiger partial charge in [0, 0.05) is 17.3 Å². The maximum absolute atomic E-state index is 11.8. The van der Waals surface area contributed by atoms with Crippen molar-refractivity contribution in [3.63, 3.8) is 0 Å². The van der Waals surface area contributed by atoms with Crippen molar-refractivity contribution in [1.82, 2.24) is 9.97 Å². The molecule has 0 saturated heterocycles. The van der Waals surface area contributed by atoms with E-state index in [0.717, 1.165) is 10.6 Å². The van der Waals surface area contributed by atoms with Gasteiger partial charge in [-0.2, -0.15) is 0 Å². The Morgan fingerprint density at radius 3 is 2.88 bits per heavy atom. The summed E-state index contributed by atoms with van der Waals surface area (Å²) >= 11 is 1.45. The Morgan fingerprint density at radius 1 is 1.12 bits per heavy atom. The number of nitrogens with zero attached hydrogens (tertiary/aromatic N) is 2. The van der Waals surface area contributed by atoms with Crippen LogP contribution in [-0.2, 0) is 0 Å². The van der Waals surface area contributed by atoms with Gasteiger partial charge >= 0.3 is 0 Å². The van der Waals surface area contributed by atoms with Crippen molar-refractivity contribution >= 4 is 23.4 Å². The van der Waals surface area contributed by atoms with Crippen LogP contribution in [0.15, 0.2) is 46.6 Å². The molecule has 16 heavy (non-hydrogen) atoms. The van der Waals surface area contributed by atoms with Crippen LogP contribution in [-0.4, -0.2) is 15.9 Å². The van der Waals surface area contributed by atoms with Gasteiger partial charge in [-0.15, -0.1) is 0 Å². The third-order valence-electron chi connectivity index (χ3n) is 2.22. The summed E-state index contributed by atoms with van der Waals surface area (Å²) in [6.45, 7) is 0. The van der Waals surface area contributed by atoms with Crippen LogP contribution in [0.4, 0.5) is 5.69 Å². The summed E-state index contributed by atoms with van der Waals surface area (Å²) in [6.07, 6.45) is 3.11. The van der Waals surface area contributed by atoms with Gasteiger partial charge in [0.1, 0.15) is 5.03 Å². The van der Waals surface area contributed by atoms with Gasteiger partial charge in [0.2, 0.25) is 0 Å². The quantitative estimate of drug-likeness (QED) is 0.752. The minimum absolute atomic E-state index is 0.208. The molecule has 1 aliphatic rings. The van der Waals surface area contributed by atoms with Crippen LogP contribution in [0.1, 0.15) is 10.5 Å². The normalized spacial score (nSPS) is 13.4. The first-order valence-electron chi connectivity index (χ1n) is 4.74. The standard InChI is InChI=1S/C11H7N3OS/c15-10-9-11(13-6-5-12-9)16-8-4-2-1-3-7(8)14-10/h1-6H,(H,14,15). The fourth-order valence-electron chi connectivity index (χ4n) is 1.50. The monoisotopic (exact) mass is 229 g/mol. The molecular formula is C11H7N3OS. The molecule has 78 valence electrons. The summed E-state index contributed by atoms with van der Waals surface area (Å²) in [5, 5.41) is 3.46. The van der Waals surface area contributed by atoms with Crippen LogP contribution in [0.3, 0.4) is 0 Å². The van der Waals surface area contributed by atoms with Gasteiger partial charge in [-0.05, 0) is 12.1 Å². The predicted molar refractivity (Wildman–Crippen MR) is 60.6 cm³/mol. The van der Waals surface area contributed by atoms with Gasteiger partial charge < -0.3 is 5.32 Å². The number of aromatic nitrogens is 2. The molecule has 1 amide bonds. The molecule has 5 heteroatoms. The maximum Gasteiger partial charge on any atom is 0.277 e. The Morgan fingerprint density at radius 2 is 1.94 bits per heavy atom. The first kappa shape index (κ1) is 9.35. The van der Waals surface area contributed by atoms with E-state index in [0.29, 0.717) is 10.7 Å². The van der Waals surface area contributed by atoms with E-state index in [1.54, 1.807) is 6.20 Å². The van der Waals surface area contributed by atoms with Crippen molar-refractivity contribution in [2.24, 2.45) is 0 Å². The van der Waals surface area contributed by atoms with Crippen LogP contribution < -0.4 is 5.32 Å². The molecule has 3 rings (SSSR count). The summed E-state index contributed by atoms with van der Waals surface area (Å²) in [6, 6.07) is 7.63. The number of nitrogens with one attached hydrogen (secondary N) is 1. The lowest BCUT2D eigenvalue weighted by atomic mass is 10.3. The summed E-state index contributed by atoms with van der Waals surface area (Å²) in [7, 11) is 0. The van der Waals surface area contributed by atoms with Crippen LogP contribution in [0.5, 0.6) is 0 Å². The predicted octanol–water partition coefficient (Wildman–Crippen LogP) is 2.19. The number of fused-ring (bicyclic) bond motifs is 2. The second-order valence-electron chi connectivity index (χ2n) is 3.26. The number of benzene rings is 1. The number of hydrogen-bond donors (Lipinski definition) is 1. The van der Waals surface area contributed by atoms with Crippen molar-refractivity contribution in [3.05, 3.63) is 42.4 Å². The number of carbonyl (C=O) groups excluding carboxylic acids is 1. The summed E-state index contributed by atoms with van der Waals surface area (Å²) in [5.74, 6) is -0.208. The summed E-state index contributed by atoms with van der Waals surface area (Å²) in [4.78, 5) is 21.0. The third kappa shape index (κ3) is 1.45. The zero-order valence-electron chi connectivity index (χ0n) is 8.18. The molecule has 4 nitrogen and oxygen atoms in total. The Kier molecular flexibility index (Phi) is 2.11. The van der Waals surface area contributed by atoms with E-state index in [2.05, 4.69) is 15.3 Å². The highest BCUT2D eigenvalue weighted by atomic mass is 32.2. The zero-order chi connectivity index (χ0) is 11.0. The lowest BCUT2D eigenvalue weighted by Crippen LogP contribution is -2.13. The second-order valence-corrected chi connectivity index (χ2v) is 4.29. The maximum atomic E-state index is 11.8. The van der Waals surface area contributed by atoms with Crippen LogP contribution in [0, 0.1) is 0 Å². The first-order valence-corrected chi connectivity index (χ1v) is 5.55. The Bertz CT molecular complexity index is 571. The molecule has 0 radical (unpaired) electrons. The molecule has 0 fully saturated rings. The van der Waals surface area contributed by atoms with Crippen molar-refractivity contribution in [3.8, 4) is 0 Å². The number of carbonyl (C=O) groups is 1. The van der Waals surface area contributed by atoms with E-state index in [1.165, 1.54) is 18.0 Å². The highest BCUT2D eigenvalue weighted by molar-refractivity contribution is 7.99. The molecule has 0 atom stereocenters. The first-order chi connectivity index (χ1) is 7.84. The minimum atomic E-state index is -0.208. The fourth-order valence-corrected chi connectivity index (χ4v) is 2.44. The van der Waals surface area contributed by atoms with Crippen molar-refractivity contribution in [2.75, 3.05) is 5.32 Å². The van der Waals surface area contributed by atoms with E-state index in [1.807, 2.05) is 24.3 Å². The summed E-state index contributed by atoms with van der Waals surface area (Å²) < 4.78 is 0. The topological polar surface area (TPSA) is 54.9 Å². The highest BCUT2D eigenvalue weighted by Crippen LogP contribution is 2.36. The van der Waals surface area contributed by atoms with E-state index >= 15 is 0 Å². The van der Waals surface area contributed by atoms with Gasteiger partial charge in [0.25, 0.3) is 5.91 Å². The van der Waals surface area contributed by atoms with Crippen LogP contribution in [0.25, 0.3) is 0 Å². The Labute approximate surface area is 96.1 Å². The minimum Gasteiger partial charge on any atom is -0.320 e. The average molecular weight is 229 g/mol. The molecule has 0 aliphatic carbocycles. The molecule has 2 aromatic rings. The molecular weight excluding hydrogens is 222 g/mol. The molecule has 1 aromatic carbocycles. The lowest BCUT2D eigenvalue weighted by Gasteiger charge is -2.03. The zero-order valence-corrected chi connectivity index (χ0v) is 8.99. The fraction of sp³-hybridized carbons (Fsp3) is 0. The molecule has 2 heterocycles. The van der Waals surface area contributed by atoms with Gasteiger partial charge in [0.15, 0.2) is 5.69 Å². The molecule has 0 unspecified atom stereocenters. The lowest BCUT2D eigenvalue weighted by molar-refractivity contribution is 0.101. The van der Waals surface area contributed by atoms with Crippen molar-refractivity contribution < 1.29 is 4.79 Å². The van der Waals surface area contributed by atoms with E-state index in [4.69, 9.17) is 0 Å². The van der Waals surface area contributed by atoms with Crippen LogP contribution in [0.2, 0.25) is 0 Å². The molecule has 0 saturated carbocycles. The highest BCUT2D eigenvalue weighted by Gasteiger charge is 2.21. The van der Waals surface area contributed by atoms with Crippen molar-refractivity contribution in [1.29, 1.82) is 0 Å². The number of rotatable bonds is 0. The van der Waals surface area contributed by atoms with Gasteiger partial charge in [-0.25, -0.2) is 9.97 Å². The van der Waals surface area contributed by atoms with E-state index < -0.39 is 0 Å². The number of anilines is 1. The van der Waals surface area contributed by atoms with E-state index in [9.17, 15) is 4.79 Å². The second kappa shape index (κ2) is 3.61. The molecule has 1 N–H and O–H groups in total.